The van der Waals surface area contributed by atoms with E-state index < -0.39 is 34.4 Å². The Morgan fingerprint density at radius 2 is 1.93 bits per heavy atom. The molecule has 0 saturated heterocycles. The van der Waals surface area contributed by atoms with Gasteiger partial charge < -0.3 is 10.0 Å². The zero-order chi connectivity index (χ0) is 19.6. The highest BCUT2D eigenvalue weighted by atomic mass is 19.1. The van der Waals surface area contributed by atoms with Crippen LogP contribution in [0.25, 0.3) is 0 Å². The molecule has 2 aromatic carbocycles. The van der Waals surface area contributed by atoms with Gasteiger partial charge in [0.1, 0.15) is 5.82 Å². The van der Waals surface area contributed by atoms with Crippen LogP contribution in [-0.2, 0) is 11.3 Å². The first-order valence-electron chi connectivity index (χ1n) is 8.52. The van der Waals surface area contributed by atoms with Gasteiger partial charge in [-0.05, 0) is 23.3 Å². The third kappa shape index (κ3) is 3.81. The number of amides is 1. The Balaban J connectivity index is 1.94. The molecule has 7 heteroatoms. The molecule has 0 spiro atoms. The molecule has 1 amide bonds. The van der Waals surface area contributed by atoms with Gasteiger partial charge in [0.25, 0.3) is 5.91 Å². The molecule has 1 N–H and O–H groups in total. The van der Waals surface area contributed by atoms with E-state index in [4.69, 9.17) is 0 Å². The predicted octanol–water partition coefficient (Wildman–Crippen LogP) is 3.43. The maximum atomic E-state index is 13.7. The molecule has 0 unspecified atom stereocenters. The summed E-state index contributed by atoms with van der Waals surface area (Å²) in [7, 11) is 0. The van der Waals surface area contributed by atoms with Crippen LogP contribution in [0.15, 0.2) is 65.9 Å². The summed E-state index contributed by atoms with van der Waals surface area (Å²) in [6.45, 7) is 1.72. The number of hydrogen-bond donors (Lipinski definition) is 1. The summed E-state index contributed by atoms with van der Waals surface area (Å²) in [6, 6.07) is 13.6. The Labute approximate surface area is 155 Å². The smallest absolute Gasteiger partial charge is 0.289 e. The molecule has 1 heterocycles. The number of rotatable bonds is 6. The molecule has 2 atom stereocenters. The van der Waals surface area contributed by atoms with Crippen LogP contribution < -0.4 is 0 Å². The number of benzene rings is 2. The molecule has 0 radical (unpaired) electrons. The highest BCUT2D eigenvalue weighted by Crippen LogP contribution is 2.36. The number of nitro groups is 1. The average molecular weight is 370 g/mol. The molecule has 1 aliphatic rings. The van der Waals surface area contributed by atoms with Gasteiger partial charge in [-0.25, -0.2) is 4.39 Å². The Morgan fingerprint density at radius 3 is 2.56 bits per heavy atom. The lowest BCUT2D eigenvalue weighted by Crippen LogP contribution is -2.29. The molecule has 1 aliphatic heterocycles. The lowest BCUT2D eigenvalue weighted by Gasteiger charge is -2.22. The molecule has 0 saturated carbocycles. The van der Waals surface area contributed by atoms with Crippen LogP contribution in [0.5, 0.6) is 0 Å². The van der Waals surface area contributed by atoms with Crippen LogP contribution in [0.3, 0.4) is 0 Å². The summed E-state index contributed by atoms with van der Waals surface area (Å²) < 4.78 is 13.7. The van der Waals surface area contributed by atoms with Crippen LogP contribution >= 0.6 is 0 Å². The van der Waals surface area contributed by atoms with E-state index in [1.54, 1.807) is 6.07 Å². The zero-order valence-corrected chi connectivity index (χ0v) is 14.7. The zero-order valence-electron chi connectivity index (χ0n) is 14.7. The maximum Gasteiger partial charge on any atom is 0.289 e. The number of aliphatic hydroxyl groups is 1. The molecular weight excluding hydrogens is 351 g/mol. The fraction of sp³-hybridized carbons (Fsp3) is 0.250. The highest BCUT2D eigenvalue weighted by Gasteiger charge is 2.40. The quantitative estimate of drug-likeness (QED) is 0.624. The Bertz CT molecular complexity index is 898. The van der Waals surface area contributed by atoms with Crippen molar-refractivity contribution in [1.29, 1.82) is 0 Å². The van der Waals surface area contributed by atoms with Crippen molar-refractivity contribution in [3.05, 3.63) is 93.0 Å². The highest BCUT2D eigenvalue weighted by molar-refractivity contribution is 5.95. The van der Waals surface area contributed by atoms with Crippen molar-refractivity contribution in [1.82, 2.24) is 4.90 Å². The van der Waals surface area contributed by atoms with E-state index in [0.717, 1.165) is 5.56 Å². The van der Waals surface area contributed by atoms with E-state index in [1.807, 2.05) is 30.3 Å². The number of nitrogens with zero attached hydrogens (tertiary/aromatic N) is 2. The summed E-state index contributed by atoms with van der Waals surface area (Å²) in [6.07, 6.45) is 0. The van der Waals surface area contributed by atoms with E-state index in [2.05, 4.69) is 0 Å². The topological polar surface area (TPSA) is 83.7 Å². The minimum atomic E-state index is -1.13. The summed E-state index contributed by atoms with van der Waals surface area (Å²) >= 11 is 0. The Morgan fingerprint density at radius 1 is 1.22 bits per heavy atom. The number of hydrogen-bond acceptors (Lipinski definition) is 4. The lowest BCUT2D eigenvalue weighted by atomic mass is 9.85. The van der Waals surface area contributed by atoms with Crippen molar-refractivity contribution >= 4 is 5.91 Å². The van der Waals surface area contributed by atoms with Gasteiger partial charge in [-0.15, -0.1) is 0 Å². The maximum absolute atomic E-state index is 13.7. The first-order valence-corrected chi connectivity index (χ1v) is 8.52. The van der Waals surface area contributed by atoms with Crippen LogP contribution in [0.1, 0.15) is 24.0 Å². The minimum absolute atomic E-state index is 0.0545. The SMILES string of the molecule is C[C@@H]([C@@H](C1=C(O)C(=O)N(Cc2ccccc2)C1)c1cccc(F)c1)[N+](=O)[O-]. The molecule has 0 aliphatic carbocycles. The van der Waals surface area contributed by atoms with E-state index in [-0.39, 0.29) is 18.7 Å². The van der Waals surface area contributed by atoms with Gasteiger partial charge >= 0.3 is 0 Å². The monoisotopic (exact) mass is 370 g/mol. The molecule has 140 valence electrons. The van der Waals surface area contributed by atoms with Gasteiger partial charge in [0.15, 0.2) is 5.76 Å². The van der Waals surface area contributed by atoms with Crippen molar-refractivity contribution in [3.8, 4) is 0 Å². The van der Waals surface area contributed by atoms with Crippen LogP contribution in [0.4, 0.5) is 4.39 Å². The van der Waals surface area contributed by atoms with E-state index in [9.17, 15) is 24.4 Å². The molecule has 2 aromatic rings. The summed E-state index contributed by atoms with van der Waals surface area (Å²) in [5.41, 5.74) is 1.48. The second-order valence-corrected chi connectivity index (χ2v) is 6.58. The summed E-state index contributed by atoms with van der Waals surface area (Å²) in [5, 5.41) is 21.8. The van der Waals surface area contributed by atoms with Gasteiger partial charge in [0.2, 0.25) is 6.04 Å². The Kier molecular flexibility index (Phi) is 5.21. The van der Waals surface area contributed by atoms with Crippen LogP contribution in [0, 0.1) is 15.9 Å². The molecule has 27 heavy (non-hydrogen) atoms. The third-order valence-electron chi connectivity index (χ3n) is 4.77. The average Bonchev–Trinajstić information content (AvgIpc) is 2.91. The van der Waals surface area contributed by atoms with Crippen LogP contribution in [-0.4, -0.2) is 33.4 Å². The van der Waals surface area contributed by atoms with Gasteiger partial charge in [0.05, 0.1) is 5.92 Å². The number of carbonyl (C=O) groups excluding carboxylic acids is 1. The molecule has 6 nitrogen and oxygen atoms in total. The van der Waals surface area contributed by atoms with Crippen LogP contribution in [0.2, 0.25) is 0 Å². The fourth-order valence-corrected chi connectivity index (χ4v) is 3.41. The lowest BCUT2D eigenvalue weighted by molar-refractivity contribution is -0.520. The molecule has 0 aromatic heterocycles. The standard InChI is InChI=1S/C20H19FN2O4/c1-13(23(26)27)18(15-8-5-9-16(21)10-15)17-12-22(20(25)19(17)24)11-14-6-3-2-4-7-14/h2-10,13,18,24H,11-12H2,1H3/t13-,18+/m0/s1. The van der Waals surface area contributed by atoms with Crippen molar-refractivity contribution in [2.75, 3.05) is 6.54 Å². The fourth-order valence-electron chi connectivity index (χ4n) is 3.41. The molecule has 3 rings (SSSR count). The molecular formula is C20H19FN2O4. The first-order chi connectivity index (χ1) is 12.9. The van der Waals surface area contributed by atoms with Crippen molar-refractivity contribution in [2.24, 2.45) is 0 Å². The van der Waals surface area contributed by atoms with E-state index >= 15 is 0 Å². The number of aliphatic hydroxyl groups excluding tert-OH is 1. The minimum Gasteiger partial charge on any atom is -0.503 e. The number of carbonyl (C=O) groups is 1. The molecule has 0 bridgehead atoms. The van der Waals surface area contributed by atoms with Crippen molar-refractivity contribution in [2.45, 2.75) is 25.4 Å². The van der Waals surface area contributed by atoms with Crippen molar-refractivity contribution < 1.29 is 19.2 Å². The predicted molar refractivity (Wildman–Crippen MR) is 97.1 cm³/mol. The van der Waals surface area contributed by atoms with Gasteiger partial charge in [0, 0.05) is 30.5 Å². The van der Waals surface area contributed by atoms with Gasteiger partial charge in [-0.3, -0.25) is 14.9 Å². The normalized spacial score (nSPS) is 16.5. The summed E-state index contributed by atoms with van der Waals surface area (Å²) in [4.78, 5) is 24.9. The number of halogens is 1. The second kappa shape index (κ2) is 7.57. The largest absolute Gasteiger partial charge is 0.503 e. The molecule has 0 fully saturated rings. The first kappa shape index (κ1) is 18.6. The van der Waals surface area contributed by atoms with Gasteiger partial charge in [-0.1, -0.05) is 42.5 Å². The summed E-state index contributed by atoms with van der Waals surface area (Å²) in [5.74, 6) is -2.50. The van der Waals surface area contributed by atoms with E-state index in [0.29, 0.717) is 5.56 Å². The van der Waals surface area contributed by atoms with Gasteiger partial charge in [-0.2, -0.15) is 0 Å². The third-order valence-corrected chi connectivity index (χ3v) is 4.77. The van der Waals surface area contributed by atoms with E-state index in [1.165, 1.54) is 30.0 Å². The van der Waals surface area contributed by atoms with Crippen molar-refractivity contribution in [3.63, 3.8) is 0 Å². The Hall–Kier alpha value is -3.22. The second-order valence-electron chi connectivity index (χ2n) is 6.58.